The molecule has 1 saturated carbocycles. The SMILES string of the molecule is Cc1cc(N)cc(C(=O)NC2CCC(C)(C)CC2)c1F. The number of carbonyl (C=O) groups is 1. The van der Waals surface area contributed by atoms with E-state index in [-0.39, 0.29) is 17.5 Å². The quantitative estimate of drug-likeness (QED) is 0.814. The fourth-order valence-corrected chi connectivity index (χ4v) is 2.77. The molecule has 1 fully saturated rings. The number of anilines is 1. The zero-order valence-electron chi connectivity index (χ0n) is 12.4. The summed E-state index contributed by atoms with van der Waals surface area (Å²) in [4.78, 5) is 12.2. The molecule has 1 aromatic rings. The predicted molar refractivity (Wildman–Crippen MR) is 79.1 cm³/mol. The molecule has 1 aliphatic rings. The molecule has 0 aromatic heterocycles. The van der Waals surface area contributed by atoms with E-state index in [0.717, 1.165) is 25.7 Å². The Morgan fingerprint density at radius 3 is 2.55 bits per heavy atom. The number of nitrogen functional groups attached to an aromatic ring is 1. The minimum atomic E-state index is -0.479. The Balaban J connectivity index is 2.06. The number of benzene rings is 1. The summed E-state index contributed by atoms with van der Waals surface area (Å²) >= 11 is 0. The first kappa shape index (κ1) is 14.8. The van der Waals surface area contributed by atoms with Crippen LogP contribution < -0.4 is 11.1 Å². The smallest absolute Gasteiger partial charge is 0.254 e. The van der Waals surface area contributed by atoms with Gasteiger partial charge in [-0.2, -0.15) is 0 Å². The largest absolute Gasteiger partial charge is 0.399 e. The normalized spacial score (nSPS) is 18.8. The summed E-state index contributed by atoms with van der Waals surface area (Å²) in [6.07, 6.45) is 4.05. The number of carbonyl (C=O) groups excluding carboxylic acids is 1. The van der Waals surface area contributed by atoms with Crippen molar-refractivity contribution in [2.45, 2.75) is 52.5 Å². The summed E-state index contributed by atoms with van der Waals surface area (Å²) in [7, 11) is 0. The zero-order chi connectivity index (χ0) is 14.9. The van der Waals surface area contributed by atoms with E-state index in [0.29, 0.717) is 16.7 Å². The molecular weight excluding hydrogens is 255 g/mol. The number of hydrogen-bond acceptors (Lipinski definition) is 2. The standard InChI is InChI=1S/C16H23FN2O/c1-10-8-11(18)9-13(14(10)17)15(20)19-12-4-6-16(2,3)7-5-12/h8-9,12H,4-7,18H2,1-3H3,(H,19,20). The maximum Gasteiger partial charge on any atom is 0.254 e. The number of nitrogens with one attached hydrogen (secondary N) is 1. The van der Waals surface area contributed by atoms with Gasteiger partial charge in [0.05, 0.1) is 5.56 Å². The lowest BCUT2D eigenvalue weighted by Gasteiger charge is -2.34. The highest BCUT2D eigenvalue weighted by Gasteiger charge is 2.28. The van der Waals surface area contributed by atoms with Crippen molar-refractivity contribution in [1.29, 1.82) is 0 Å². The molecule has 0 saturated heterocycles. The number of amides is 1. The molecule has 0 radical (unpaired) electrons. The minimum Gasteiger partial charge on any atom is -0.399 e. The summed E-state index contributed by atoms with van der Waals surface area (Å²) in [5, 5.41) is 2.93. The number of rotatable bonds is 2. The molecule has 1 amide bonds. The summed E-state index contributed by atoms with van der Waals surface area (Å²) in [5.74, 6) is -0.838. The van der Waals surface area contributed by atoms with E-state index in [9.17, 15) is 9.18 Å². The van der Waals surface area contributed by atoms with Gasteiger partial charge >= 0.3 is 0 Å². The van der Waals surface area contributed by atoms with E-state index < -0.39 is 5.82 Å². The van der Waals surface area contributed by atoms with Gasteiger partial charge < -0.3 is 11.1 Å². The van der Waals surface area contributed by atoms with Gasteiger partial charge in [-0.15, -0.1) is 0 Å². The maximum absolute atomic E-state index is 14.0. The third kappa shape index (κ3) is 3.30. The molecule has 0 unspecified atom stereocenters. The van der Waals surface area contributed by atoms with Crippen molar-refractivity contribution in [2.75, 3.05) is 5.73 Å². The van der Waals surface area contributed by atoms with Gasteiger partial charge in [-0.05, 0) is 55.7 Å². The van der Waals surface area contributed by atoms with Crippen molar-refractivity contribution < 1.29 is 9.18 Å². The second-order valence-electron chi connectivity index (χ2n) is 6.61. The third-order valence-corrected chi connectivity index (χ3v) is 4.20. The molecule has 0 bridgehead atoms. The van der Waals surface area contributed by atoms with Crippen LogP contribution in [0.25, 0.3) is 0 Å². The van der Waals surface area contributed by atoms with Crippen molar-refractivity contribution in [3.63, 3.8) is 0 Å². The first-order valence-electron chi connectivity index (χ1n) is 7.15. The second kappa shape index (κ2) is 5.43. The highest BCUT2D eigenvalue weighted by molar-refractivity contribution is 5.95. The average molecular weight is 278 g/mol. The predicted octanol–water partition coefficient (Wildman–Crippen LogP) is 3.41. The first-order valence-corrected chi connectivity index (χ1v) is 7.15. The molecule has 110 valence electrons. The molecule has 1 aliphatic carbocycles. The molecule has 3 N–H and O–H groups in total. The molecule has 1 aromatic carbocycles. The number of aryl methyl sites for hydroxylation is 1. The molecule has 0 spiro atoms. The van der Waals surface area contributed by atoms with Crippen molar-refractivity contribution >= 4 is 11.6 Å². The van der Waals surface area contributed by atoms with Crippen LogP contribution in [-0.4, -0.2) is 11.9 Å². The highest BCUT2D eigenvalue weighted by Crippen LogP contribution is 2.35. The van der Waals surface area contributed by atoms with E-state index in [1.807, 2.05) is 0 Å². The molecular formula is C16H23FN2O. The number of nitrogens with two attached hydrogens (primary N) is 1. The van der Waals surface area contributed by atoms with Crippen molar-refractivity contribution in [2.24, 2.45) is 5.41 Å². The van der Waals surface area contributed by atoms with E-state index in [1.165, 1.54) is 12.1 Å². The molecule has 0 atom stereocenters. The Hall–Kier alpha value is -1.58. The molecule has 20 heavy (non-hydrogen) atoms. The van der Waals surface area contributed by atoms with Gasteiger partial charge in [0.25, 0.3) is 5.91 Å². The summed E-state index contributed by atoms with van der Waals surface area (Å²) in [6.45, 7) is 6.10. The van der Waals surface area contributed by atoms with Crippen LogP contribution in [0.5, 0.6) is 0 Å². The second-order valence-corrected chi connectivity index (χ2v) is 6.61. The number of halogens is 1. The Morgan fingerprint density at radius 2 is 1.95 bits per heavy atom. The van der Waals surface area contributed by atoms with Gasteiger partial charge in [0, 0.05) is 11.7 Å². The summed E-state index contributed by atoms with van der Waals surface area (Å²) < 4.78 is 14.0. The topological polar surface area (TPSA) is 55.1 Å². The van der Waals surface area contributed by atoms with Gasteiger partial charge in [0.2, 0.25) is 0 Å². The fourth-order valence-electron chi connectivity index (χ4n) is 2.77. The number of hydrogen-bond donors (Lipinski definition) is 2. The van der Waals surface area contributed by atoms with Gasteiger partial charge in [-0.25, -0.2) is 4.39 Å². The van der Waals surface area contributed by atoms with Crippen LogP contribution in [0.4, 0.5) is 10.1 Å². The highest BCUT2D eigenvalue weighted by atomic mass is 19.1. The van der Waals surface area contributed by atoms with Crippen LogP contribution >= 0.6 is 0 Å². The van der Waals surface area contributed by atoms with E-state index >= 15 is 0 Å². The van der Waals surface area contributed by atoms with Crippen LogP contribution in [0.3, 0.4) is 0 Å². The molecule has 3 nitrogen and oxygen atoms in total. The van der Waals surface area contributed by atoms with E-state index in [2.05, 4.69) is 19.2 Å². The Kier molecular flexibility index (Phi) is 4.02. The summed E-state index contributed by atoms with van der Waals surface area (Å²) in [6, 6.07) is 3.08. The van der Waals surface area contributed by atoms with Crippen LogP contribution in [0, 0.1) is 18.2 Å². The lowest BCUT2D eigenvalue weighted by Crippen LogP contribution is -2.39. The van der Waals surface area contributed by atoms with E-state index in [4.69, 9.17) is 5.73 Å². The Labute approximate surface area is 119 Å². The van der Waals surface area contributed by atoms with Crippen LogP contribution in [0.2, 0.25) is 0 Å². The fraction of sp³-hybridized carbons (Fsp3) is 0.562. The van der Waals surface area contributed by atoms with Crippen molar-refractivity contribution in [3.05, 3.63) is 29.1 Å². The van der Waals surface area contributed by atoms with Gasteiger partial charge in [0.1, 0.15) is 5.82 Å². The molecule has 0 aliphatic heterocycles. The van der Waals surface area contributed by atoms with Crippen LogP contribution in [-0.2, 0) is 0 Å². The average Bonchev–Trinajstić information content (AvgIpc) is 2.36. The lowest BCUT2D eigenvalue weighted by molar-refractivity contribution is 0.0905. The monoisotopic (exact) mass is 278 g/mol. The van der Waals surface area contributed by atoms with Crippen molar-refractivity contribution in [1.82, 2.24) is 5.32 Å². The maximum atomic E-state index is 14.0. The van der Waals surface area contributed by atoms with Gasteiger partial charge in [-0.3, -0.25) is 4.79 Å². The Bertz CT molecular complexity index is 515. The molecule has 0 heterocycles. The first-order chi connectivity index (χ1) is 9.28. The lowest BCUT2D eigenvalue weighted by atomic mass is 9.75. The zero-order valence-corrected chi connectivity index (χ0v) is 12.4. The van der Waals surface area contributed by atoms with Crippen molar-refractivity contribution in [3.8, 4) is 0 Å². The van der Waals surface area contributed by atoms with Crippen LogP contribution in [0.1, 0.15) is 55.5 Å². The Morgan fingerprint density at radius 1 is 1.35 bits per heavy atom. The van der Waals surface area contributed by atoms with E-state index in [1.54, 1.807) is 6.92 Å². The minimum absolute atomic E-state index is 0.0485. The van der Waals surface area contributed by atoms with Gasteiger partial charge in [0.15, 0.2) is 0 Å². The molecule has 2 rings (SSSR count). The third-order valence-electron chi connectivity index (χ3n) is 4.20. The van der Waals surface area contributed by atoms with Gasteiger partial charge in [-0.1, -0.05) is 13.8 Å². The van der Waals surface area contributed by atoms with Crippen LogP contribution in [0.15, 0.2) is 12.1 Å². The summed E-state index contributed by atoms with van der Waals surface area (Å²) in [5.41, 5.74) is 6.90. The molecule has 4 heteroatoms.